The van der Waals surface area contributed by atoms with Gasteiger partial charge in [-0.25, -0.2) is 13.8 Å². The van der Waals surface area contributed by atoms with Crippen LogP contribution < -0.4 is 5.32 Å². The molecule has 0 aliphatic heterocycles. The summed E-state index contributed by atoms with van der Waals surface area (Å²) in [4.78, 5) is 26.4. The molecular formula is C11H10F5N3O2. The van der Waals surface area contributed by atoms with Gasteiger partial charge in [-0.2, -0.15) is 13.2 Å². The zero-order valence-electron chi connectivity index (χ0n) is 10.6. The highest BCUT2D eigenvalue weighted by molar-refractivity contribution is 6.39. The number of likely N-dealkylation sites (N-methyl/N-ethyl adjacent to an activating group) is 1. The van der Waals surface area contributed by atoms with Crippen LogP contribution in [0.15, 0.2) is 18.2 Å². The number of anilines is 1. The minimum atomic E-state index is -4.71. The van der Waals surface area contributed by atoms with Crippen molar-refractivity contribution in [3.63, 3.8) is 0 Å². The fraction of sp³-hybridized carbons (Fsp3) is 0.364. The second kappa shape index (κ2) is 6.46. The Bertz CT molecular complexity index is 533. The van der Waals surface area contributed by atoms with Crippen molar-refractivity contribution in [2.75, 3.05) is 18.9 Å². The predicted octanol–water partition coefficient (Wildman–Crippen LogP) is 1.76. The Morgan fingerprint density at radius 1 is 1.33 bits per heavy atom. The predicted molar refractivity (Wildman–Crippen MR) is 61.5 cm³/mol. The van der Waals surface area contributed by atoms with E-state index in [4.69, 9.17) is 0 Å². The van der Waals surface area contributed by atoms with Gasteiger partial charge in [0.05, 0.1) is 6.54 Å². The molecule has 0 aromatic carbocycles. The van der Waals surface area contributed by atoms with Gasteiger partial charge >= 0.3 is 18.0 Å². The first-order chi connectivity index (χ1) is 9.61. The third-order valence-electron chi connectivity index (χ3n) is 2.23. The number of carbonyl (C=O) groups excluding carboxylic acids is 2. The molecule has 10 heteroatoms. The molecule has 0 aliphatic rings. The molecule has 0 unspecified atom stereocenters. The average molecular weight is 311 g/mol. The van der Waals surface area contributed by atoms with E-state index in [2.05, 4.69) is 4.98 Å². The number of carbonyl (C=O) groups is 2. The van der Waals surface area contributed by atoms with Crippen LogP contribution in [0.4, 0.5) is 27.8 Å². The molecular weight excluding hydrogens is 301 g/mol. The van der Waals surface area contributed by atoms with Gasteiger partial charge in [0.25, 0.3) is 6.43 Å². The second-order valence-corrected chi connectivity index (χ2v) is 3.94. The molecule has 1 rings (SSSR count). The van der Waals surface area contributed by atoms with Crippen molar-refractivity contribution in [1.82, 2.24) is 9.88 Å². The monoisotopic (exact) mass is 311 g/mol. The van der Waals surface area contributed by atoms with Gasteiger partial charge in [-0.3, -0.25) is 9.59 Å². The van der Waals surface area contributed by atoms with Crippen molar-refractivity contribution in [3.05, 3.63) is 23.9 Å². The number of aromatic nitrogens is 1. The Labute approximate surface area is 115 Å². The van der Waals surface area contributed by atoms with Crippen molar-refractivity contribution < 1.29 is 31.5 Å². The Kier molecular flexibility index (Phi) is 5.17. The van der Waals surface area contributed by atoms with E-state index in [1.165, 1.54) is 0 Å². The van der Waals surface area contributed by atoms with E-state index in [1.807, 2.05) is 5.32 Å². The molecule has 0 radical (unpaired) electrons. The van der Waals surface area contributed by atoms with Crippen molar-refractivity contribution in [1.29, 1.82) is 0 Å². The Morgan fingerprint density at radius 3 is 2.48 bits per heavy atom. The molecule has 0 spiro atoms. The maximum Gasteiger partial charge on any atom is 0.433 e. The minimum Gasteiger partial charge on any atom is -0.332 e. The van der Waals surface area contributed by atoms with Crippen LogP contribution in [0.3, 0.4) is 0 Å². The number of hydrogen-bond acceptors (Lipinski definition) is 3. The summed E-state index contributed by atoms with van der Waals surface area (Å²) < 4.78 is 61.3. The summed E-state index contributed by atoms with van der Waals surface area (Å²) in [6.07, 6.45) is -7.55. The molecule has 0 bridgehead atoms. The van der Waals surface area contributed by atoms with Gasteiger partial charge in [-0.05, 0) is 12.1 Å². The van der Waals surface area contributed by atoms with Crippen LogP contribution in [-0.4, -0.2) is 41.7 Å². The van der Waals surface area contributed by atoms with Crippen molar-refractivity contribution in [3.8, 4) is 0 Å². The van der Waals surface area contributed by atoms with E-state index in [-0.39, 0.29) is 0 Å². The van der Waals surface area contributed by atoms with E-state index < -0.39 is 42.5 Å². The summed E-state index contributed by atoms with van der Waals surface area (Å²) in [5.74, 6) is -3.17. The number of nitrogens with zero attached hydrogens (tertiary/aromatic N) is 2. The van der Waals surface area contributed by atoms with E-state index in [1.54, 1.807) is 0 Å². The summed E-state index contributed by atoms with van der Waals surface area (Å²) in [5, 5.41) is 1.82. The number of halogens is 5. The van der Waals surface area contributed by atoms with Gasteiger partial charge in [-0.15, -0.1) is 0 Å². The molecule has 116 valence electrons. The third-order valence-corrected chi connectivity index (χ3v) is 2.23. The molecule has 2 amide bonds. The number of nitrogens with one attached hydrogen (secondary N) is 1. The topological polar surface area (TPSA) is 62.3 Å². The number of rotatable bonds is 3. The van der Waals surface area contributed by atoms with E-state index in [9.17, 15) is 31.5 Å². The molecule has 1 aromatic rings. The van der Waals surface area contributed by atoms with Crippen LogP contribution in [0.25, 0.3) is 0 Å². The molecule has 0 aliphatic carbocycles. The lowest BCUT2D eigenvalue weighted by Crippen LogP contribution is -2.39. The molecule has 0 fully saturated rings. The summed E-state index contributed by atoms with van der Waals surface area (Å²) in [6, 6.07) is 2.70. The van der Waals surface area contributed by atoms with Gasteiger partial charge in [-0.1, -0.05) is 6.07 Å². The van der Waals surface area contributed by atoms with Gasteiger partial charge in [0.1, 0.15) is 11.5 Å². The first-order valence-corrected chi connectivity index (χ1v) is 5.50. The van der Waals surface area contributed by atoms with Crippen LogP contribution in [-0.2, 0) is 15.8 Å². The van der Waals surface area contributed by atoms with Gasteiger partial charge in [0, 0.05) is 7.05 Å². The van der Waals surface area contributed by atoms with Gasteiger partial charge in [0.15, 0.2) is 0 Å². The molecule has 1 aromatic heterocycles. The van der Waals surface area contributed by atoms with Crippen LogP contribution >= 0.6 is 0 Å². The first-order valence-electron chi connectivity index (χ1n) is 5.50. The summed E-state index contributed by atoms with van der Waals surface area (Å²) >= 11 is 0. The molecule has 0 saturated carbocycles. The minimum absolute atomic E-state index is 0.452. The lowest BCUT2D eigenvalue weighted by atomic mass is 10.3. The fourth-order valence-corrected chi connectivity index (χ4v) is 1.30. The summed E-state index contributed by atoms with van der Waals surface area (Å²) in [5.41, 5.74) is -1.26. The van der Waals surface area contributed by atoms with Crippen LogP contribution in [0, 0.1) is 0 Å². The normalized spacial score (nSPS) is 11.4. The van der Waals surface area contributed by atoms with Crippen molar-refractivity contribution >= 4 is 17.6 Å². The van der Waals surface area contributed by atoms with E-state index in [0.29, 0.717) is 11.0 Å². The Balaban J connectivity index is 2.77. The van der Waals surface area contributed by atoms with E-state index >= 15 is 0 Å². The highest BCUT2D eigenvalue weighted by atomic mass is 19.4. The molecule has 1 N–H and O–H groups in total. The van der Waals surface area contributed by atoms with Gasteiger partial charge in [0.2, 0.25) is 0 Å². The average Bonchev–Trinajstić information content (AvgIpc) is 2.36. The largest absolute Gasteiger partial charge is 0.433 e. The standard InChI is InChI=1S/C11H10F5N3O2/c1-19(5-7(12)13)10(21)9(20)18-8-4-2-3-6(17-8)11(14,15)16/h2-4,7H,5H2,1H3,(H,17,18,20). The maximum absolute atomic E-state index is 12.4. The Hall–Kier alpha value is -2.26. The number of amides is 2. The van der Waals surface area contributed by atoms with Crippen LogP contribution in [0.5, 0.6) is 0 Å². The molecule has 0 saturated heterocycles. The summed E-state index contributed by atoms with van der Waals surface area (Å²) in [7, 11) is 0.966. The fourth-order valence-electron chi connectivity index (χ4n) is 1.30. The SMILES string of the molecule is CN(CC(F)F)C(=O)C(=O)Nc1cccc(C(F)(F)F)n1. The summed E-state index contributed by atoms with van der Waals surface area (Å²) in [6.45, 7) is -0.970. The van der Waals surface area contributed by atoms with E-state index in [0.717, 1.165) is 19.2 Å². The molecule has 1 heterocycles. The second-order valence-electron chi connectivity index (χ2n) is 3.94. The number of alkyl halides is 5. The third kappa shape index (κ3) is 4.97. The quantitative estimate of drug-likeness (QED) is 0.683. The smallest absolute Gasteiger partial charge is 0.332 e. The van der Waals surface area contributed by atoms with Crippen LogP contribution in [0.2, 0.25) is 0 Å². The lowest BCUT2D eigenvalue weighted by molar-refractivity contribution is -0.143. The van der Waals surface area contributed by atoms with Gasteiger partial charge < -0.3 is 10.2 Å². The zero-order chi connectivity index (χ0) is 16.2. The highest BCUT2D eigenvalue weighted by Crippen LogP contribution is 2.28. The maximum atomic E-state index is 12.4. The van der Waals surface area contributed by atoms with Crippen molar-refractivity contribution in [2.45, 2.75) is 12.6 Å². The molecule has 5 nitrogen and oxygen atoms in total. The zero-order valence-corrected chi connectivity index (χ0v) is 10.6. The van der Waals surface area contributed by atoms with Crippen molar-refractivity contribution in [2.24, 2.45) is 0 Å². The number of hydrogen-bond donors (Lipinski definition) is 1. The van der Waals surface area contributed by atoms with Crippen LogP contribution in [0.1, 0.15) is 5.69 Å². The first kappa shape index (κ1) is 16.8. The lowest BCUT2D eigenvalue weighted by Gasteiger charge is -2.15. The molecule has 21 heavy (non-hydrogen) atoms. The Morgan fingerprint density at radius 2 is 1.95 bits per heavy atom. The highest BCUT2D eigenvalue weighted by Gasteiger charge is 2.32. The number of pyridine rings is 1. The molecule has 0 atom stereocenters.